The maximum Gasteiger partial charge on any atom is 0.125 e. The SMILES string of the molecule is c1ccc2c(c1)OCCC21NCCS1. The number of hydrogen-bond donors (Lipinski definition) is 1. The summed E-state index contributed by atoms with van der Waals surface area (Å²) < 4.78 is 5.66. The molecule has 1 atom stereocenters. The van der Waals surface area contributed by atoms with Crippen LogP contribution in [-0.4, -0.2) is 18.9 Å². The third kappa shape index (κ3) is 1.16. The third-order valence-corrected chi connectivity index (χ3v) is 4.36. The Bertz CT molecular complexity index is 347. The van der Waals surface area contributed by atoms with Gasteiger partial charge in [0.1, 0.15) is 5.75 Å². The Morgan fingerprint density at radius 1 is 1.36 bits per heavy atom. The topological polar surface area (TPSA) is 21.3 Å². The number of nitrogens with one attached hydrogen (secondary N) is 1. The van der Waals surface area contributed by atoms with Gasteiger partial charge < -0.3 is 4.74 Å². The average Bonchev–Trinajstić information content (AvgIpc) is 2.68. The molecule has 1 aromatic carbocycles. The van der Waals surface area contributed by atoms with Crippen LogP contribution in [0.4, 0.5) is 0 Å². The van der Waals surface area contributed by atoms with E-state index in [1.807, 2.05) is 17.8 Å². The van der Waals surface area contributed by atoms with Gasteiger partial charge in [0.15, 0.2) is 0 Å². The van der Waals surface area contributed by atoms with Crippen LogP contribution in [0.15, 0.2) is 24.3 Å². The minimum atomic E-state index is 0.148. The predicted molar refractivity (Wildman–Crippen MR) is 58.7 cm³/mol. The lowest BCUT2D eigenvalue weighted by Gasteiger charge is -2.34. The highest BCUT2D eigenvalue weighted by Gasteiger charge is 2.40. The van der Waals surface area contributed by atoms with Crippen LogP contribution in [-0.2, 0) is 4.87 Å². The first-order valence-corrected chi connectivity index (χ1v) is 6.01. The van der Waals surface area contributed by atoms with Crippen LogP contribution in [0, 0.1) is 0 Å². The molecule has 2 aliphatic heterocycles. The second-order valence-electron chi connectivity index (χ2n) is 3.70. The highest BCUT2D eigenvalue weighted by molar-refractivity contribution is 8.00. The molecule has 0 aliphatic carbocycles. The number of thioether (sulfide) groups is 1. The van der Waals surface area contributed by atoms with Crippen molar-refractivity contribution in [3.63, 3.8) is 0 Å². The molecule has 3 heteroatoms. The summed E-state index contributed by atoms with van der Waals surface area (Å²) in [7, 11) is 0. The Balaban J connectivity index is 2.10. The molecule has 0 radical (unpaired) electrons. The van der Waals surface area contributed by atoms with Crippen molar-refractivity contribution < 1.29 is 4.74 Å². The van der Waals surface area contributed by atoms with Crippen molar-refractivity contribution in [2.75, 3.05) is 18.9 Å². The van der Waals surface area contributed by atoms with Crippen molar-refractivity contribution in [3.8, 4) is 5.75 Å². The monoisotopic (exact) mass is 207 g/mol. The van der Waals surface area contributed by atoms with Gasteiger partial charge >= 0.3 is 0 Å². The van der Waals surface area contributed by atoms with Crippen LogP contribution in [0.2, 0.25) is 0 Å². The van der Waals surface area contributed by atoms with Crippen molar-refractivity contribution >= 4 is 11.8 Å². The lowest BCUT2D eigenvalue weighted by atomic mass is 10.00. The molecule has 1 unspecified atom stereocenters. The fraction of sp³-hybridized carbons (Fsp3) is 0.455. The van der Waals surface area contributed by atoms with Crippen molar-refractivity contribution in [2.45, 2.75) is 11.3 Å². The van der Waals surface area contributed by atoms with E-state index in [4.69, 9.17) is 4.74 Å². The summed E-state index contributed by atoms with van der Waals surface area (Å²) >= 11 is 2.02. The van der Waals surface area contributed by atoms with Crippen molar-refractivity contribution in [2.24, 2.45) is 0 Å². The Morgan fingerprint density at radius 3 is 3.14 bits per heavy atom. The minimum absolute atomic E-state index is 0.148. The molecule has 74 valence electrons. The zero-order chi connectivity index (χ0) is 9.43. The van der Waals surface area contributed by atoms with E-state index < -0.39 is 0 Å². The van der Waals surface area contributed by atoms with Crippen LogP contribution in [0.5, 0.6) is 5.75 Å². The molecule has 1 fully saturated rings. The van der Waals surface area contributed by atoms with Crippen LogP contribution in [0.1, 0.15) is 12.0 Å². The Hall–Kier alpha value is -0.670. The molecule has 0 amide bonds. The quantitative estimate of drug-likeness (QED) is 0.702. The number of rotatable bonds is 0. The molecule has 0 saturated carbocycles. The molecule has 2 aliphatic rings. The number of ether oxygens (including phenoxy) is 1. The molecule has 2 nitrogen and oxygen atoms in total. The molecular formula is C11H13NOS. The first-order valence-electron chi connectivity index (χ1n) is 5.02. The molecule has 1 aromatic rings. The molecule has 3 rings (SSSR count). The average molecular weight is 207 g/mol. The van der Waals surface area contributed by atoms with Gasteiger partial charge in [0.2, 0.25) is 0 Å². The summed E-state index contributed by atoms with van der Waals surface area (Å²) in [6.45, 7) is 1.94. The van der Waals surface area contributed by atoms with E-state index >= 15 is 0 Å². The number of para-hydroxylation sites is 1. The summed E-state index contributed by atoms with van der Waals surface area (Å²) in [5.41, 5.74) is 1.33. The fourth-order valence-corrected chi connectivity index (χ4v) is 3.54. The van der Waals surface area contributed by atoms with Gasteiger partial charge in [-0.2, -0.15) is 0 Å². The molecule has 14 heavy (non-hydrogen) atoms. The lowest BCUT2D eigenvalue weighted by Crippen LogP contribution is -2.39. The first kappa shape index (κ1) is 8.62. The van der Waals surface area contributed by atoms with Gasteiger partial charge in [0.25, 0.3) is 0 Å². The summed E-state index contributed by atoms with van der Waals surface area (Å²) in [5, 5.41) is 3.61. The zero-order valence-corrected chi connectivity index (χ0v) is 8.77. The smallest absolute Gasteiger partial charge is 0.125 e. The second kappa shape index (κ2) is 3.17. The maximum absolute atomic E-state index is 5.66. The van der Waals surface area contributed by atoms with E-state index in [1.165, 1.54) is 11.3 Å². The first-order chi connectivity index (χ1) is 6.91. The minimum Gasteiger partial charge on any atom is -0.493 e. The Labute approximate surface area is 88.0 Å². The van der Waals surface area contributed by atoms with Crippen LogP contribution in [0.25, 0.3) is 0 Å². The second-order valence-corrected chi connectivity index (χ2v) is 5.09. The molecule has 1 N–H and O–H groups in total. The van der Waals surface area contributed by atoms with E-state index in [0.717, 1.165) is 25.3 Å². The normalized spacial score (nSPS) is 30.0. The van der Waals surface area contributed by atoms with E-state index in [1.54, 1.807) is 0 Å². The van der Waals surface area contributed by atoms with Gasteiger partial charge in [-0.25, -0.2) is 0 Å². The van der Waals surface area contributed by atoms with Gasteiger partial charge in [0, 0.05) is 24.3 Å². The molecular weight excluding hydrogens is 194 g/mol. The number of fused-ring (bicyclic) bond motifs is 2. The molecule has 0 bridgehead atoms. The van der Waals surface area contributed by atoms with Gasteiger partial charge in [-0.15, -0.1) is 11.8 Å². The van der Waals surface area contributed by atoms with E-state index in [9.17, 15) is 0 Å². The fourth-order valence-electron chi connectivity index (χ4n) is 2.23. The summed E-state index contributed by atoms with van der Waals surface area (Å²) in [6.07, 6.45) is 1.08. The van der Waals surface area contributed by atoms with Crippen LogP contribution < -0.4 is 10.1 Å². The number of hydrogen-bond acceptors (Lipinski definition) is 3. The molecule has 1 saturated heterocycles. The summed E-state index contributed by atoms with van der Waals surface area (Å²) in [5.74, 6) is 2.26. The number of benzene rings is 1. The van der Waals surface area contributed by atoms with Crippen molar-refractivity contribution in [1.82, 2.24) is 5.32 Å². The standard InChI is InChI=1S/C11H13NOS/c1-2-4-10-9(3-1)11(5-7-13-10)12-6-8-14-11/h1-4,12H,5-8H2. The predicted octanol–water partition coefficient (Wildman–Crippen LogP) is 1.96. The molecule has 2 heterocycles. The zero-order valence-electron chi connectivity index (χ0n) is 7.95. The molecule has 0 aromatic heterocycles. The van der Waals surface area contributed by atoms with E-state index in [0.29, 0.717) is 0 Å². The van der Waals surface area contributed by atoms with Gasteiger partial charge in [-0.05, 0) is 6.07 Å². The van der Waals surface area contributed by atoms with Gasteiger partial charge in [0.05, 0.1) is 11.5 Å². The van der Waals surface area contributed by atoms with Gasteiger partial charge in [-0.3, -0.25) is 5.32 Å². The highest BCUT2D eigenvalue weighted by Crippen LogP contribution is 2.46. The van der Waals surface area contributed by atoms with Gasteiger partial charge in [-0.1, -0.05) is 18.2 Å². The third-order valence-electron chi connectivity index (χ3n) is 2.89. The lowest BCUT2D eigenvalue weighted by molar-refractivity contribution is 0.244. The maximum atomic E-state index is 5.66. The van der Waals surface area contributed by atoms with Crippen molar-refractivity contribution in [1.29, 1.82) is 0 Å². The Kier molecular flexibility index (Phi) is 1.96. The van der Waals surface area contributed by atoms with E-state index in [-0.39, 0.29) is 4.87 Å². The molecule has 1 spiro atoms. The summed E-state index contributed by atoms with van der Waals surface area (Å²) in [6, 6.07) is 8.38. The Morgan fingerprint density at radius 2 is 2.29 bits per heavy atom. The summed E-state index contributed by atoms with van der Waals surface area (Å²) in [4.78, 5) is 0.148. The van der Waals surface area contributed by atoms with Crippen LogP contribution >= 0.6 is 11.8 Å². The highest BCUT2D eigenvalue weighted by atomic mass is 32.2. The van der Waals surface area contributed by atoms with Crippen LogP contribution in [0.3, 0.4) is 0 Å². The largest absolute Gasteiger partial charge is 0.493 e. The van der Waals surface area contributed by atoms with E-state index in [2.05, 4.69) is 23.5 Å². The van der Waals surface area contributed by atoms with Crippen molar-refractivity contribution in [3.05, 3.63) is 29.8 Å².